The summed E-state index contributed by atoms with van der Waals surface area (Å²) in [7, 11) is 0. The molecule has 1 saturated heterocycles. The molecule has 1 heterocycles. The van der Waals surface area contributed by atoms with Gasteiger partial charge in [0, 0.05) is 13.3 Å². The van der Waals surface area contributed by atoms with Crippen molar-refractivity contribution in [2.45, 2.75) is 32.7 Å². The van der Waals surface area contributed by atoms with Crippen molar-refractivity contribution in [2.24, 2.45) is 0 Å². The molecule has 0 spiro atoms. The molecule has 1 fully saturated rings. The first-order valence-electron chi connectivity index (χ1n) is 4.09. The van der Waals surface area contributed by atoms with Crippen molar-refractivity contribution in [1.29, 1.82) is 0 Å². The van der Waals surface area contributed by atoms with Gasteiger partial charge in [0.1, 0.15) is 6.61 Å². The molecule has 2 atom stereocenters. The number of ether oxygens (including phenoxy) is 3. The number of hydrogen-bond donors (Lipinski definition) is 0. The Kier molecular flexibility index (Phi) is 3.49. The number of carbonyl (C=O) groups is 1. The van der Waals surface area contributed by atoms with E-state index in [2.05, 4.69) is 0 Å². The molecule has 70 valence electrons. The minimum absolute atomic E-state index is 0.00218. The van der Waals surface area contributed by atoms with Gasteiger partial charge >= 0.3 is 5.97 Å². The Morgan fingerprint density at radius 3 is 3.00 bits per heavy atom. The molecule has 1 aliphatic rings. The van der Waals surface area contributed by atoms with Crippen molar-refractivity contribution in [3.05, 3.63) is 0 Å². The molecule has 0 N–H and O–H groups in total. The average molecular weight is 174 g/mol. The maximum Gasteiger partial charge on any atom is 0.302 e. The lowest BCUT2D eigenvalue weighted by atomic mass is 10.2. The topological polar surface area (TPSA) is 44.8 Å². The van der Waals surface area contributed by atoms with E-state index in [1.165, 1.54) is 6.92 Å². The first-order chi connectivity index (χ1) is 5.68. The monoisotopic (exact) mass is 174 g/mol. The quantitative estimate of drug-likeness (QED) is 0.578. The van der Waals surface area contributed by atoms with Gasteiger partial charge in [0.25, 0.3) is 0 Å². The molecular formula is C8H14O4. The molecule has 1 rings (SSSR count). The molecule has 0 radical (unpaired) electrons. The summed E-state index contributed by atoms with van der Waals surface area (Å²) in [5.74, 6) is -0.266. The fraction of sp³-hybridized carbons (Fsp3) is 0.875. The predicted molar refractivity (Wildman–Crippen MR) is 41.5 cm³/mol. The van der Waals surface area contributed by atoms with E-state index in [-0.39, 0.29) is 18.4 Å². The van der Waals surface area contributed by atoms with Gasteiger partial charge in [-0.3, -0.25) is 4.79 Å². The molecule has 1 aliphatic heterocycles. The Labute approximate surface area is 71.8 Å². The Hall–Kier alpha value is -0.610. The Bertz CT molecular complexity index is 157. The van der Waals surface area contributed by atoms with Crippen LogP contribution in [-0.4, -0.2) is 31.6 Å². The fourth-order valence-electron chi connectivity index (χ4n) is 1.08. The first kappa shape index (κ1) is 9.48. The van der Waals surface area contributed by atoms with Crippen molar-refractivity contribution in [2.75, 3.05) is 13.2 Å². The van der Waals surface area contributed by atoms with Gasteiger partial charge in [0.05, 0.1) is 12.7 Å². The molecule has 12 heavy (non-hydrogen) atoms. The summed E-state index contributed by atoms with van der Waals surface area (Å²) in [4.78, 5) is 10.5. The van der Waals surface area contributed by atoms with Crippen LogP contribution in [-0.2, 0) is 19.0 Å². The lowest BCUT2D eigenvalue weighted by Gasteiger charge is -2.27. The van der Waals surface area contributed by atoms with Gasteiger partial charge in [-0.25, -0.2) is 0 Å². The van der Waals surface area contributed by atoms with Crippen LogP contribution in [0.2, 0.25) is 0 Å². The van der Waals surface area contributed by atoms with Crippen molar-refractivity contribution >= 4 is 5.97 Å². The summed E-state index contributed by atoms with van der Waals surface area (Å²) in [6, 6.07) is 0. The number of rotatable bonds is 2. The van der Waals surface area contributed by atoms with Gasteiger partial charge in [-0.1, -0.05) is 0 Å². The molecule has 0 amide bonds. The molecule has 2 unspecified atom stereocenters. The van der Waals surface area contributed by atoms with E-state index < -0.39 is 0 Å². The van der Waals surface area contributed by atoms with Crippen LogP contribution >= 0.6 is 0 Å². The van der Waals surface area contributed by atoms with Gasteiger partial charge in [-0.05, 0) is 6.92 Å². The van der Waals surface area contributed by atoms with Gasteiger partial charge < -0.3 is 14.2 Å². The molecule has 0 aromatic carbocycles. The largest absolute Gasteiger partial charge is 0.463 e. The molecule has 0 aliphatic carbocycles. The lowest BCUT2D eigenvalue weighted by molar-refractivity contribution is -0.213. The highest BCUT2D eigenvalue weighted by molar-refractivity contribution is 5.65. The van der Waals surface area contributed by atoms with Crippen molar-refractivity contribution in [1.82, 2.24) is 0 Å². The van der Waals surface area contributed by atoms with Crippen LogP contribution in [0.15, 0.2) is 0 Å². The van der Waals surface area contributed by atoms with E-state index in [0.717, 1.165) is 6.42 Å². The third-order valence-electron chi connectivity index (χ3n) is 1.65. The third-order valence-corrected chi connectivity index (χ3v) is 1.65. The normalized spacial score (nSPS) is 29.8. The van der Waals surface area contributed by atoms with E-state index in [1.54, 1.807) is 0 Å². The van der Waals surface area contributed by atoms with E-state index >= 15 is 0 Å². The second-order valence-corrected chi connectivity index (χ2v) is 2.79. The molecular weight excluding hydrogens is 160 g/mol. The Morgan fingerprint density at radius 1 is 1.67 bits per heavy atom. The third kappa shape index (κ3) is 3.19. The minimum Gasteiger partial charge on any atom is -0.463 e. The second-order valence-electron chi connectivity index (χ2n) is 2.79. The van der Waals surface area contributed by atoms with Gasteiger partial charge in [-0.2, -0.15) is 0 Å². The second kappa shape index (κ2) is 4.42. The maximum absolute atomic E-state index is 10.5. The molecule has 0 aromatic rings. The van der Waals surface area contributed by atoms with Gasteiger partial charge in [0.2, 0.25) is 0 Å². The highest BCUT2D eigenvalue weighted by atomic mass is 16.7. The number of hydrogen-bond acceptors (Lipinski definition) is 4. The van der Waals surface area contributed by atoms with Crippen LogP contribution in [0.4, 0.5) is 0 Å². The van der Waals surface area contributed by atoms with E-state index in [1.807, 2.05) is 6.92 Å². The van der Waals surface area contributed by atoms with E-state index in [4.69, 9.17) is 14.2 Å². The summed E-state index contributed by atoms with van der Waals surface area (Å²) in [5.41, 5.74) is 0. The van der Waals surface area contributed by atoms with Crippen molar-refractivity contribution in [3.63, 3.8) is 0 Å². The Balaban J connectivity index is 2.18. The summed E-state index contributed by atoms with van der Waals surface area (Å²) < 4.78 is 15.3. The zero-order valence-electron chi connectivity index (χ0n) is 7.41. The summed E-state index contributed by atoms with van der Waals surface area (Å²) in [6.45, 7) is 4.23. The molecule has 4 nitrogen and oxygen atoms in total. The van der Waals surface area contributed by atoms with Crippen LogP contribution < -0.4 is 0 Å². The Morgan fingerprint density at radius 2 is 2.42 bits per heavy atom. The van der Waals surface area contributed by atoms with Crippen LogP contribution in [0.1, 0.15) is 20.3 Å². The van der Waals surface area contributed by atoms with Crippen LogP contribution in [0.25, 0.3) is 0 Å². The molecule has 4 heteroatoms. The van der Waals surface area contributed by atoms with Crippen LogP contribution in [0.5, 0.6) is 0 Å². The van der Waals surface area contributed by atoms with Crippen molar-refractivity contribution < 1.29 is 19.0 Å². The predicted octanol–water partition coefficient (Wildman–Crippen LogP) is 0.701. The van der Waals surface area contributed by atoms with Gasteiger partial charge in [-0.15, -0.1) is 0 Å². The molecule has 0 bridgehead atoms. The maximum atomic E-state index is 10.5. The summed E-state index contributed by atoms with van der Waals surface area (Å²) in [6.07, 6.45) is 0.606. The number of esters is 1. The smallest absolute Gasteiger partial charge is 0.302 e. The van der Waals surface area contributed by atoms with E-state index in [0.29, 0.717) is 13.2 Å². The fourth-order valence-corrected chi connectivity index (χ4v) is 1.08. The number of carbonyl (C=O) groups excluding carboxylic acids is 1. The zero-order chi connectivity index (χ0) is 8.97. The highest BCUT2D eigenvalue weighted by Crippen LogP contribution is 2.11. The standard InChI is InChI=1S/C8H14O4/c1-6(9)11-5-8-3-4-10-7(2)12-8/h7-8H,3-5H2,1-2H3. The summed E-state index contributed by atoms with van der Waals surface area (Å²) >= 11 is 0. The lowest BCUT2D eigenvalue weighted by Crippen LogP contribution is -2.33. The molecule has 0 saturated carbocycles. The molecule has 0 aromatic heterocycles. The first-order valence-corrected chi connectivity index (χ1v) is 4.09. The SMILES string of the molecule is CC(=O)OCC1CCOC(C)O1. The van der Waals surface area contributed by atoms with Gasteiger partial charge in [0.15, 0.2) is 6.29 Å². The minimum atomic E-state index is -0.266. The van der Waals surface area contributed by atoms with E-state index in [9.17, 15) is 4.79 Å². The average Bonchev–Trinajstić information content (AvgIpc) is 2.01. The zero-order valence-corrected chi connectivity index (χ0v) is 7.41. The van der Waals surface area contributed by atoms with Crippen molar-refractivity contribution in [3.8, 4) is 0 Å². The van der Waals surface area contributed by atoms with Crippen LogP contribution in [0.3, 0.4) is 0 Å². The van der Waals surface area contributed by atoms with Crippen LogP contribution in [0, 0.1) is 0 Å². The highest BCUT2D eigenvalue weighted by Gasteiger charge is 2.20. The summed E-state index contributed by atoms with van der Waals surface area (Å²) in [5, 5.41) is 0.